The van der Waals surface area contributed by atoms with Crippen molar-refractivity contribution in [1.29, 1.82) is 0 Å². The molecule has 2 fully saturated rings. The molecule has 1 aromatic heterocycles. The molecule has 1 heterocycles. The number of nitrogens with two attached hydrogens (primary N) is 1. The molecule has 148 valence electrons. The van der Waals surface area contributed by atoms with Crippen molar-refractivity contribution in [2.24, 2.45) is 11.7 Å². The van der Waals surface area contributed by atoms with Crippen molar-refractivity contribution in [3.63, 3.8) is 0 Å². The molecule has 0 saturated heterocycles. The van der Waals surface area contributed by atoms with Crippen molar-refractivity contribution < 1.29 is 9.59 Å². The summed E-state index contributed by atoms with van der Waals surface area (Å²) >= 11 is 1.37. The Morgan fingerprint density at radius 1 is 1.18 bits per heavy atom. The van der Waals surface area contributed by atoms with Crippen LogP contribution in [0.2, 0.25) is 0 Å². The Labute approximate surface area is 168 Å². The standard InChI is InChI=1S/C20H25N5O2S/c21-16(26)10-11-25-19(15-8-9-15)23-24-20(25)28-12-17(27)22-18(14-6-7-14)13-4-2-1-3-5-13/h1-5,14-15,18H,6-12H2,(H2,21,26)(H,22,27). The zero-order valence-corrected chi connectivity index (χ0v) is 16.5. The second kappa shape index (κ2) is 8.34. The Kier molecular flexibility index (Phi) is 5.66. The van der Waals surface area contributed by atoms with Crippen molar-refractivity contribution in [2.75, 3.05) is 5.75 Å². The van der Waals surface area contributed by atoms with Crippen molar-refractivity contribution in [1.82, 2.24) is 20.1 Å². The Morgan fingerprint density at radius 2 is 1.93 bits per heavy atom. The lowest BCUT2D eigenvalue weighted by molar-refractivity contribution is -0.119. The van der Waals surface area contributed by atoms with Gasteiger partial charge in [0, 0.05) is 18.9 Å². The monoisotopic (exact) mass is 399 g/mol. The lowest BCUT2D eigenvalue weighted by atomic mass is 10.0. The first-order valence-electron chi connectivity index (χ1n) is 9.80. The number of thioether (sulfide) groups is 1. The van der Waals surface area contributed by atoms with E-state index in [1.165, 1.54) is 11.8 Å². The molecular weight excluding hydrogens is 374 g/mol. The molecule has 28 heavy (non-hydrogen) atoms. The van der Waals surface area contributed by atoms with Gasteiger partial charge < -0.3 is 15.6 Å². The van der Waals surface area contributed by atoms with Gasteiger partial charge in [-0.2, -0.15) is 0 Å². The Morgan fingerprint density at radius 3 is 2.57 bits per heavy atom. The van der Waals surface area contributed by atoms with E-state index >= 15 is 0 Å². The van der Waals surface area contributed by atoms with Crippen molar-refractivity contribution in [3.8, 4) is 0 Å². The first-order valence-corrected chi connectivity index (χ1v) is 10.8. The molecule has 0 bridgehead atoms. The summed E-state index contributed by atoms with van der Waals surface area (Å²) in [5.41, 5.74) is 6.46. The number of benzene rings is 1. The zero-order chi connectivity index (χ0) is 19.5. The van der Waals surface area contributed by atoms with Gasteiger partial charge in [0.2, 0.25) is 11.8 Å². The molecule has 3 N–H and O–H groups in total. The third-order valence-electron chi connectivity index (χ3n) is 5.17. The summed E-state index contributed by atoms with van der Waals surface area (Å²) in [7, 11) is 0. The zero-order valence-electron chi connectivity index (χ0n) is 15.7. The van der Waals surface area contributed by atoms with E-state index in [2.05, 4.69) is 27.6 Å². The van der Waals surface area contributed by atoms with Crippen LogP contribution in [-0.2, 0) is 16.1 Å². The Balaban J connectivity index is 1.38. The van der Waals surface area contributed by atoms with E-state index in [-0.39, 0.29) is 30.0 Å². The lowest BCUT2D eigenvalue weighted by Gasteiger charge is -2.18. The molecule has 2 saturated carbocycles. The number of rotatable bonds is 10. The molecule has 0 aliphatic heterocycles. The molecule has 2 aliphatic carbocycles. The highest BCUT2D eigenvalue weighted by Gasteiger charge is 2.34. The normalized spacial score (nSPS) is 17.3. The molecule has 8 heteroatoms. The third-order valence-corrected chi connectivity index (χ3v) is 6.14. The third kappa shape index (κ3) is 4.73. The van der Waals surface area contributed by atoms with Crippen LogP contribution in [0.1, 0.15) is 55.5 Å². The number of nitrogens with one attached hydrogen (secondary N) is 1. The Hall–Kier alpha value is -2.35. The maximum Gasteiger partial charge on any atom is 0.230 e. The second-order valence-corrected chi connectivity index (χ2v) is 8.51. The first-order chi connectivity index (χ1) is 13.6. The molecule has 0 radical (unpaired) electrons. The summed E-state index contributed by atoms with van der Waals surface area (Å²) < 4.78 is 1.95. The molecule has 1 atom stereocenters. The van der Waals surface area contributed by atoms with Gasteiger partial charge in [-0.05, 0) is 37.2 Å². The summed E-state index contributed by atoms with van der Waals surface area (Å²) in [5, 5.41) is 12.4. The average Bonchev–Trinajstić information content (AvgIpc) is 3.61. The molecule has 7 nitrogen and oxygen atoms in total. The van der Waals surface area contributed by atoms with Crippen LogP contribution in [0.3, 0.4) is 0 Å². The molecule has 2 aromatic rings. The summed E-state index contributed by atoms with van der Waals surface area (Å²) in [4.78, 5) is 23.8. The van der Waals surface area contributed by atoms with Crippen LogP contribution in [0.25, 0.3) is 0 Å². The van der Waals surface area contributed by atoms with Crippen molar-refractivity contribution in [3.05, 3.63) is 41.7 Å². The molecule has 1 aromatic carbocycles. The fourth-order valence-electron chi connectivity index (χ4n) is 3.39. The van der Waals surface area contributed by atoms with Crippen LogP contribution < -0.4 is 11.1 Å². The molecule has 4 rings (SSSR count). The van der Waals surface area contributed by atoms with Crippen LogP contribution in [0.4, 0.5) is 0 Å². The highest BCUT2D eigenvalue weighted by atomic mass is 32.2. The number of amides is 2. The number of primary amides is 1. The molecule has 2 aliphatic rings. The summed E-state index contributed by atoms with van der Waals surface area (Å²) in [6.07, 6.45) is 4.74. The molecule has 1 unspecified atom stereocenters. The van der Waals surface area contributed by atoms with E-state index in [1.54, 1.807) is 0 Å². The number of hydrogen-bond donors (Lipinski definition) is 2. The van der Waals surface area contributed by atoms with Crippen LogP contribution in [-0.4, -0.2) is 32.3 Å². The SMILES string of the molecule is NC(=O)CCn1c(SCC(=O)NC(c2ccccc2)C2CC2)nnc1C1CC1. The Bertz CT molecular complexity index is 846. The topological polar surface area (TPSA) is 103 Å². The minimum absolute atomic E-state index is 0.0109. The van der Waals surface area contributed by atoms with Gasteiger partial charge in [-0.3, -0.25) is 9.59 Å². The molecular formula is C20H25N5O2S. The highest BCUT2D eigenvalue weighted by Crippen LogP contribution is 2.41. The summed E-state index contributed by atoms with van der Waals surface area (Å²) in [6, 6.07) is 10.2. The van der Waals surface area contributed by atoms with Gasteiger partial charge in [0.25, 0.3) is 0 Å². The minimum Gasteiger partial charge on any atom is -0.370 e. The van der Waals surface area contributed by atoms with Crippen LogP contribution >= 0.6 is 11.8 Å². The molecule has 0 spiro atoms. The second-order valence-electron chi connectivity index (χ2n) is 7.56. The summed E-state index contributed by atoms with van der Waals surface area (Å²) in [6.45, 7) is 0.465. The van der Waals surface area contributed by atoms with Crippen molar-refractivity contribution >= 4 is 23.6 Å². The smallest absolute Gasteiger partial charge is 0.230 e. The van der Waals surface area contributed by atoms with Gasteiger partial charge in [0.05, 0.1) is 11.8 Å². The summed E-state index contributed by atoms with van der Waals surface area (Å²) in [5.74, 6) is 1.76. The largest absolute Gasteiger partial charge is 0.370 e. The van der Waals surface area contributed by atoms with Gasteiger partial charge in [0.15, 0.2) is 5.16 Å². The number of nitrogens with zero attached hydrogens (tertiary/aromatic N) is 3. The van der Waals surface area contributed by atoms with E-state index in [0.717, 1.165) is 37.1 Å². The van der Waals surface area contributed by atoms with Gasteiger partial charge >= 0.3 is 0 Å². The first kappa shape index (κ1) is 19.0. The fraction of sp³-hybridized carbons (Fsp3) is 0.500. The van der Waals surface area contributed by atoms with Crippen molar-refractivity contribution in [2.45, 2.75) is 55.8 Å². The number of hydrogen-bond acceptors (Lipinski definition) is 5. The van der Waals surface area contributed by atoms with Crippen LogP contribution in [0.5, 0.6) is 0 Å². The minimum atomic E-state index is -0.348. The maximum atomic E-state index is 12.6. The number of carbonyl (C=O) groups excluding carboxylic acids is 2. The quantitative estimate of drug-likeness (QED) is 0.597. The van der Waals surface area contributed by atoms with E-state index in [1.807, 2.05) is 22.8 Å². The van der Waals surface area contributed by atoms with Crippen LogP contribution in [0.15, 0.2) is 35.5 Å². The highest BCUT2D eigenvalue weighted by molar-refractivity contribution is 7.99. The van der Waals surface area contributed by atoms with E-state index in [0.29, 0.717) is 23.5 Å². The van der Waals surface area contributed by atoms with Gasteiger partial charge in [0.1, 0.15) is 5.82 Å². The van der Waals surface area contributed by atoms with E-state index < -0.39 is 0 Å². The predicted octanol–water partition coefficient (Wildman–Crippen LogP) is 2.39. The van der Waals surface area contributed by atoms with E-state index in [9.17, 15) is 9.59 Å². The molecule has 2 amide bonds. The van der Waals surface area contributed by atoms with E-state index in [4.69, 9.17) is 5.73 Å². The average molecular weight is 400 g/mol. The number of aromatic nitrogens is 3. The predicted molar refractivity (Wildman–Crippen MR) is 107 cm³/mol. The van der Waals surface area contributed by atoms with Gasteiger partial charge in [-0.1, -0.05) is 42.1 Å². The number of carbonyl (C=O) groups is 2. The lowest BCUT2D eigenvalue weighted by Crippen LogP contribution is -2.31. The van der Waals surface area contributed by atoms with Gasteiger partial charge in [-0.15, -0.1) is 10.2 Å². The van der Waals surface area contributed by atoms with Gasteiger partial charge in [-0.25, -0.2) is 0 Å². The van der Waals surface area contributed by atoms with Crippen LogP contribution in [0, 0.1) is 5.92 Å². The fourth-order valence-corrected chi connectivity index (χ4v) is 4.17. The maximum absolute atomic E-state index is 12.6.